The van der Waals surface area contributed by atoms with Crippen LogP contribution in [0, 0.1) is 13.8 Å². The number of benzene rings is 1. The Kier molecular flexibility index (Phi) is 6.97. The predicted molar refractivity (Wildman–Crippen MR) is 131 cm³/mol. The standard InChI is InChI=1S/C24H29N5O4S/c1-14-18(15(2)29-23(25-14)26-24(27-29)34-6)13-21(30)28-9-7-16(8-10-28)22-19(32-4)11-17(31-3)12-20(22)33-5/h7,11-12H,8-10,13H2,1-6H3. The molecule has 0 spiro atoms. The molecule has 3 heterocycles. The quantitative estimate of drug-likeness (QED) is 0.473. The van der Waals surface area contributed by atoms with Crippen LogP contribution >= 0.6 is 11.8 Å². The molecule has 0 bridgehead atoms. The minimum absolute atomic E-state index is 0.0570. The fraction of sp³-hybridized carbons (Fsp3) is 0.417. The first kappa shape index (κ1) is 23.9. The highest BCUT2D eigenvalue weighted by Crippen LogP contribution is 2.40. The molecule has 1 aromatic carbocycles. The molecule has 0 atom stereocenters. The highest BCUT2D eigenvalue weighted by molar-refractivity contribution is 7.98. The first-order valence-corrected chi connectivity index (χ1v) is 12.2. The van der Waals surface area contributed by atoms with Crippen LogP contribution < -0.4 is 14.2 Å². The summed E-state index contributed by atoms with van der Waals surface area (Å²) in [5.74, 6) is 2.65. The average Bonchev–Trinajstić information content (AvgIpc) is 3.28. The molecule has 4 rings (SSSR count). The van der Waals surface area contributed by atoms with E-state index >= 15 is 0 Å². The number of fused-ring (bicyclic) bond motifs is 1. The van der Waals surface area contributed by atoms with Crippen LogP contribution in [0.3, 0.4) is 0 Å². The molecule has 0 aliphatic carbocycles. The van der Waals surface area contributed by atoms with Crippen molar-refractivity contribution in [3.8, 4) is 17.2 Å². The van der Waals surface area contributed by atoms with Crippen LogP contribution in [0.4, 0.5) is 0 Å². The number of hydrogen-bond acceptors (Lipinski definition) is 8. The molecule has 0 fully saturated rings. The Morgan fingerprint density at radius 2 is 1.79 bits per heavy atom. The van der Waals surface area contributed by atoms with Gasteiger partial charge in [0.2, 0.25) is 11.1 Å². The van der Waals surface area contributed by atoms with Crippen LogP contribution in [0.5, 0.6) is 17.2 Å². The molecule has 1 aliphatic rings. The number of aromatic nitrogens is 4. The number of methoxy groups -OCH3 is 3. The molecule has 0 saturated carbocycles. The minimum atomic E-state index is 0.0570. The van der Waals surface area contributed by atoms with E-state index in [1.54, 1.807) is 25.8 Å². The molecule has 1 amide bonds. The number of thioether (sulfide) groups is 1. The number of carbonyl (C=O) groups is 1. The van der Waals surface area contributed by atoms with Gasteiger partial charge in [-0.1, -0.05) is 17.8 Å². The van der Waals surface area contributed by atoms with E-state index in [4.69, 9.17) is 14.2 Å². The van der Waals surface area contributed by atoms with Crippen molar-refractivity contribution in [3.05, 3.63) is 40.7 Å². The second kappa shape index (κ2) is 9.92. The number of aryl methyl sites for hydroxylation is 2. The Morgan fingerprint density at radius 3 is 2.35 bits per heavy atom. The Morgan fingerprint density at radius 1 is 1.09 bits per heavy atom. The van der Waals surface area contributed by atoms with Crippen LogP contribution in [-0.2, 0) is 11.2 Å². The first-order chi connectivity index (χ1) is 16.4. The van der Waals surface area contributed by atoms with Gasteiger partial charge in [-0.3, -0.25) is 4.79 Å². The smallest absolute Gasteiger partial charge is 0.253 e. The lowest BCUT2D eigenvalue weighted by Crippen LogP contribution is -2.36. The molecule has 0 N–H and O–H groups in total. The van der Waals surface area contributed by atoms with Gasteiger partial charge in [0.15, 0.2) is 0 Å². The number of ether oxygens (including phenoxy) is 3. The number of rotatable bonds is 7. The van der Waals surface area contributed by atoms with Crippen LogP contribution in [-0.4, -0.2) is 71.1 Å². The van der Waals surface area contributed by atoms with E-state index in [0.29, 0.717) is 47.7 Å². The van der Waals surface area contributed by atoms with Crippen molar-refractivity contribution in [3.63, 3.8) is 0 Å². The fourth-order valence-corrected chi connectivity index (χ4v) is 4.58. The van der Waals surface area contributed by atoms with Crippen LogP contribution in [0.15, 0.2) is 23.4 Å². The molecule has 0 saturated heterocycles. The normalized spacial score (nSPS) is 13.7. The zero-order valence-electron chi connectivity index (χ0n) is 20.3. The zero-order valence-corrected chi connectivity index (χ0v) is 21.2. The maximum absolute atomic E-state index is 13.2. The molecular weight excluding hydrogens is 454 g/mol. The maximum Gasteiger partial charge on any atom is 0.253 e. The molecule has 1 aliphatic heterocycles. The second-order valence-corrected chi connectivity index (χ2v) is 8.75. The lowest BCUT2D eigenvalue weighted by molar-refractivity contribution is -0.130. The molecule has 9 nitrogen and oxygen atoms in total. The fourth-order valence-electron chi connectivity index (χ4n) is 4.24. The second-order valence-electron chi connectivity index (χ2n) is 7.97. The van der Waals surface area contributed by atoms with Gasteiger partial charge in [-0.25, -0.2) is 9.50 Å². The molecule has 10 heteroatoms. The van der Waals surface area contributed by atoms with Gasteiger partial charge in [-0.2, -0.15) is 4.98 Å². The van der Waals surface area contributed by atoms with Crippen molar-refractivity contribution >= 4 is 29.0 Å². The van der Waals surface area contributed by atoms with E-state index in [1.165, 1.54) is 11.8 Å². The highest BCUT2D eigenvalue weighted by Gasteiger charge is 2.24. The van der Waals surface area contributed by atoms with Gasteiger partial charge in [0.05, 0.1) is 33.3 Å². The maximum atomic E-state index is 13.2. The summed E-state index contributed by atoms with van der Waals surface area (Å²) in [6.07, 6.45) is 4.96. The van der Waals surface area contributed by atoms with E-state index in [-0.39, 0.29) is 12.3 Å². The lowest BCUT2D eigenvalue weighted by atomic mass is 9.96. The van der Waals surface area contributed by atoms with Crippen molar-refractivity contribution in [1.29, 1.82) is 0 Å². The summed E-state index contributed by atoms with van der Waals surface area (Å²) in [7, 11) is 4.87. The summed E-state index contributed by atoms with van der Waals surface area (Å²) in [5.41, 5.74) is 4.57. The zero-order chi connectivity index (χ0) is 24.4. The topological polar surface area (TPSA) is 91.1 Å². The van der Waals surface area contributed by atoms with Gasteiger partial charge in [0.1, 0.15) is 17.2 Å². The van der Waals surface area contributed by atoms with Crippen LogP contribution in [0.2, 0.25) is 0 Å². The van der Waals surface area contributed by atoms with Gasteiger partial charge in [0, 0.05) is 42.2 Å². The van der Waals surface area contributed by atoms with Crippen molar-refractivity contribution in [2.45, 2.75) is 31.8 Å². The van der Waals surface area contributed by atoms with Crippen LogP contribution in [0.1, 0.15) is 28.9 Å². The van der Waals surface area contributed by atoms with E-state index in [0.717, 1.165) is 28.1 Å². The van der Waals surface area contributed by atoms with Gasteiger partial charge < -0.3 is 19.1 Å². The van der Waals surface area contributed by atoms with Gasteiger partial charge in [0.25, 0.3) is 5.78 Å². The molecule has 3 aromatic rings. The summed E-state index contributed by atoms with van der Waals surface area (Å²) in [4.78, 5) is 24.0. The molecule has 34 heavy (non-hydrogen) atoms. The number of hydrogen-bond donors (Lipinski definition) is 0. The van der Waals surface area contributed by atoms with Gasteiger partial charge >= 0.3 is 0 Å². The Balaban J connectivity index is 1.55. The Labute approximate surface area is 203 Å². The average molecular weight is 484 g/mol. The molecule has 0 radical (unpaired) electrons. The molecule has 0 unspecified atom stereocenters. The third kappa shape index (κ3) is 4.42. The monoisotopic (exact) mass is 483 g/mol. The summed E-state index contributed by atoms with van der Waals surface area (Å²) < 4.78 is 18.3. The van der Waals surface area contributed by atoms with E-state index in [1.807, 2.05) is 37.1 Å². The lowest BCUT2D eigenvalue weighted by Gasteiger charge is -2.28. The Bertz CT molecular complexity index is 1240. The van der Waals surface area contributed by atoms with Crippen molar-refractivity contribution < 1.29 is 19.0 Å². The van der Waals surface area contributed by atoms with Crippen molar-refractivity contribution in [2.75, 3.05) is 40.7 Å². The van der Waals surface area contributed by atoms with Gasteiger partial charge in [-0.05, 0) is 32.1 Å². The predicted octanol–water partition coefficient (Wildman–Crippen LogP) is 3.35. The molecule has 2 aromatic heterocycles. The largest absolute Gasteiger partial charge is 0.496 e. The SMILES string of the molecule is COc1cc(OC)c(C2=CCN(C(=O)Cc3c(C)nc4nc(SC)nn4c3C)CC2)c(OC)c1. The summed E-state index contributed by atoms with van der Waals surface area (Å²) in [5, 5.41) is 5.14. The number of amides is 1. The van der Waals surface area contributed by atoms with Crippen molar-refractivity contribution in [1.82, 2.24) is 24.5 Å². The first-order valence-electron chi connectivity index (χ1n) is 10.9. The minimum Gasteiger partial charge on any atom is -0.496 e. The van der Waals surface area contributed by atoms with Crippen LogP contribution in [0.25, 0.3) is 11.4 Å². The molecular formula is C24H29N5O4S. The highest BCUT2D eigenvalue weighted by atomic mass is 32.2. The molecule has 180 valence electrons. The van der Waals surface area contributed by atoms with E-state index in [2.05, 4.69) is 21.1 Å². The summed E-state index contributed by atoms with van der Waals surface area (Å²) >= 11 is 1.47. The van der Waals surface area contributed by atoms with Gasteiger partial charge in [-0.15, -0.1) is 5.10 Å². The summed E-state index contributed by atoms with van der Waals surface area (Å²) in [6.45, 7) is 5.00. The third-order valence-corrected chi connectivity index (χ3v) is 6.68. The third-order valence-electron chi connectivity index (χ3n) is 6.14. The van der Waals surface area contributed by atoms with E-state index < -0.39 is 0 Å². The Hall–Kier alpha value is -3.27. The number of nitrogens with zero attached hydrogens (tertiary/aromatic N) is 5. The van der Waals surface area contributed by atoms with E-state index in [9.17, 15) is 4.79 Å². The van der Waals surface area contributed by atoms with Crippen molar-refractivity contribution in [2.24, 2.45) is 0 Å². The number of carbonyl (C=O) groups excluding carboxylic acids is 1. The summed E-state index contributed by atoms with van der Waals surface area (Å²) in [6, 6.07) is 3.69.